The first kappa shape index (κ1) is 12.5. The fourth-order valence-corrected chi connectivity index (χ4v) is 2.30. The molecule has 3 rings (SSSR count). The maximum atomic E-state index is 11.8. The van der Waals surface area contributed by atoms with Gasteiger partial charge in [0.25, 0.3) is 5.91 Å². The van der Waals surface area contributed by atoms with E-state index >= 15 is 0 Å². The number of thiophene rings is 1. The molecule has 3 aromatic heterocycles. The molecule has 7 heteroatoms. The van der Waals surface area contributed by atoms with Gasteiger partial charge in [-0.05, 0) is 23.6 Å². The summed E-state index contributed by atoms with van der Waals surface area (Å²) in [6.45, 7) is 0.310. The van der Waals surface area contributed by atoms with E-state index < -0.39 is 0 Å². The van der Waals surface area contributed by atoms with Crippen molar-refractivity contribution in [3.63, 3.8) is 0 Å². The largest absolute Gasteiger partial charge is 0.344 e. The number of nitrogens with one attached hydrogen (secondary N) is 2. The quantitative estimate of drug-likeness (QED) is 0.766. The summed E-state index contributed by atoms with van der Waals surface area (Å²) >= 11 is 1.40. The van der Waals surface area contributed by atoms with Crippen LogP contribution < -0.4 is 5.32 Å². The van der Waals surface area contributed by atoms with E-state index in [-0.39, 0.29) is 5.91 Å². The molecule has 100 valence electrons. The molecule has 0 saturated carbocycles. The van der Waals surface area contributed by atoms with Crippen LogP contribution in [0.1, 0.15) is 15.5 Å². The number of carbonyl (C=O) groups is 1. The Hall–Kier alpha value is -2.54. The average Bonchev–Trinajstić information content (AvgIpc) is 3.17. The molecule has 0 aliphatic carbocycles. The Bertz CT molecular complexity index is 693. The van der Waals surface area contributed by atoms with Gasteiger partial charge in [-0.3, -0.25) is 14.9 Å². The van der Waals surface area contributed by atoms with Gasteiger partial charge in [0.05, 0.1) is 11.4 Å². The lowest BCUT2D eigenvalue weighted by Gasteiger charge is -1.99. The fraction of sp³-hybridized carbons (Fsp3) is 0.0769. The second-order valence-corrected chi connectivity index (χ2v) is 4.96. The molecular formula is C13H11N5OS. The molecule has 2 N–H and O–H groups in total. The van der Waals surface area contributed by atoms with Gasteiger partial charge >= 0.3 is 0 Å². The molecule has 3 aromatic rings. The van der Waals surface area contributed by atoms with E-state index in [4.69, 9.17) is 0 Å². The third-order valence-electron chi connectivity index (χ3n) is 2.61. The Morgan fingerprint density at radius 2 is 2.30 bits per heavy atom. The van der Waals surface area contributed by atoms with Crippen molar-refractivity contribution >= 4 is 17.2 Å². The third-order valence-corrected chi connectivity index (χ3v) is 3.48. The minimum Gasteiger partial charge on any atom is -0.344 e. The minimum atomic E-state index is -0.112. The van der Waals surface area contributed by atoms with Gasteiger partial charge in [0, 0.05) is 18.0 Å². The van der Waals surface area contributed by atoms with Gasteiger partial charge in [-0.25, -0.2) is 4.98 Å². The van der Waals surface area contributed by atoms with E-state index in [1.807, 2.05) is 23.6 Å². The van der Waals surface area contributed by atoms with Crippen molar-refractivity contribution in [3.05, 3.63) is 52.7 Å². The van der Waals surface area contributed by atoms with Gasteiger partial charge in [0.15, 0.2) is 5.82 Å². The summed E-state index contributed by atoms with van der Waals surface area (Å²) in [5.74, 6) is 1.06. The van der Waals surface area contributed by atoms with Gasteiger partial charge in [-0.15, -0.1) is 11.3 Å². The first-order chi connectivity index (χ1) is 9.83. The Kier molecular flexibility index (Phi) is 3.51. The summed E-state index contributed by atoms with van der Waals surface area (Å²) in [7, 11) is 0. The second kappa shape index (κ2) is 5.62. The first-order valence-electron chi connectivity index (χ1n) is 5.96. The lowest BCUT2D eigenvalue weighted by molar-refractivity contribution is 0.0954. The smallest absolute Gasteiger partial charge is 0.261 e. The standard InChI is InChI=1S/C13H11N5OS/c19-13(10-4-2-6-20-10)15-8-11-16-12(18-17-11)9-3-1-5-14-7-9/h1-7H,8H2,(H,15,19)(H,16,17,18). The summed E-state index contributed by atoms with van der Waals surface area (Å²) in [5, 5.41) is 11.6. The maximum Gasteiger partial charge on any atom is 0.261 e. The molecule has 0 spiro atoms. The number of aromatic amines is 1. The van der Waals surface area contributed by atoms with Crippen LogP contribution in [0.25, 0.3) is 11.4 Å². The molecule has 0 aliphatic heterocycles. The van der Waals surface area contributed by atoms with Gasteiger partial charge in [-0.1, -0.05) is 6.07 Å². The second-order valence-electron chi connectivity index (χ2n) is 4.01. The number of amides is 1. The molecule has 0 aromatic carbocycles. The molecule has 0 unspecified atom stereocenters. The van der Waals surface area contributed by atoms with Crippen LogP contribution in [-0.2, 0) is 6.54 Å². The van der Waals surface area contributed by atoms with Crippen molar-refractivity contribution in [3.8, 4) is 11.4 Å². The molecule has 0 saturated heterocycles. The number of rotatable bonds is 4. The van der Waals surface area contributed by atoms with Crippen LogP contribution in [0.3, 0.4) is 0 Å². The highest BCUT2D eigenvalue weighted by Gasteiger charge is 2.09. The van der Waals surface area contributed by atoms with Crippen LogP contribution in [-0.4, -0.2) is 26.1 Å². The first-order valence-corrected chi connectivity index (χ1v) is 6.84. The predicted octanol–water partition coefficient (Wildman–Crippen LogP) is 1.86. The molecule has 0 atom stereocenters. The van der Waals surface area contributed by atoms with Crippen molar-refractivity contribution < 1.29 is 4.79 Å². The summed E-state index contributed by atoms with van der Waals surface area (Å²) in [4.78, 5) is 20.8. The number of pyridine rings is 1. The molecular weight excluding hydrogens is 274 g/mol. The molecule has 0 radical (unpaired) electrons. The normalized spacial score (nSPS) is 10.4. The van der Waals surface area contributed by atoms with Gasteiger partial charge < -0.3 is 5.32 Å². The molecule has 1 amide bonds. The van der Waals surface area contributed by atoms with Crippen LogP contribution in [0, 0.1) is 0 Å². The number of carbonyl (C=O) groups excluding carboxylic acids is 1. The predicted molar refractivity (Wildman–Crippen MR) is 75.1 cm³/mol. The van der Waals surface area contributed by atoms with Crippen LogP contribution in [0.15, 0.2) is 42.0 Å². The van der Waals surface area contributed by atoms with Crippen molar-refractivity contribution in [2.24, 2.45) is 0 Å². The number of aromatic nitrogens is 4. The van der Waals surface area contributed by atoms with Crippen LogP contribution in [0.5, 0.6) is 0 Å². The van der Waals surface area contributed by atoms with E-state index in [2.05, 4.69) is 25.5 Å². The Morgan fingerprint density at radius 3 is 3.05 bits per heavy atom. The van der Waals surface area contributed by atoms with Crippen molar-refractivity contribution in [2.45, 2.75) is 6.54 Å². The summed E-state index contributed by atoms with van der Waals surface area (Å²) in [5.41, 5.74) is 0.833. The fourth-order valence-electron chi connectivity index (χ4n) is 1.66. The Morgan fingerprint density at radius 1 is 1.35 bits per heavy atom. The number of H-pyrrole nitrogens is 1. The lowest BCUT2D eigenvalue weighted by atomic mass is 10.3. The molecule has 6 nitrogen and oxygen atoms in total. The van der Waals surface area contributed by atoms with Crippen LogP contribution >= 0.6 is 11.3 Å². The Labute approximate surface area is 118 Å². The van der Waals surface area contributed by atoms with E-state index in [1.54, 1.807) is 18.5 Å². The van der Waals surface area contributed by atoms with Gasteiger partial charge in [0.2, 0.25) is 0 Å². The van der Waals surface area contributed by atoms with E-state index in [0.717, 1.165) is 5.56 Å². The molecule has 0 fully saturated rings. The summed E-state index contributed by atoms with van der Waals surface area (Å²) in [6, 6.07) is 7.32. The minimum absolute atomic E-state index is 0.112. The summed E-state index contributed by atoms with van der Waals surface area (Å²) < 4.78 is 0. The highest BCUT2D eigenvalue weighted by molar-refractivity contribution is 7.12. The van der Waals surface area contributed by atoms with Crippen molar-refractivity contribution in [2.75, 3.05) is 0 Å². The number of hydrogen-bond acceptors (Lipinski definition) is 5. The monoisotopic (exact) mass is 285 g/mol. The molecule has 3 heterocycles. The van der Waals surface area contributed by atoms with Crippen molar-refractivity contribution in [1.29, 1.82) is 0 Å². The zero-order chi connectivity index (χ0) is 13.8. The molecule has 0 aliphatic rings. The average molecular weight is 285 g/mol. The van der Waals surface area contributed by atoms with Crippen molar-refractivity contribution in [1.82, 2.24) is 25.5 Å². The van der Waals surface area contributed by atoms with Crippen LogP contribution in [0.4, 0.5) is 0 Å². The van der Waals surface area contributed by atoms with E-state index in [1.165, 1.54) is 11.3 Å². The molecule has 0 bridgehead atoms. The maximum absolute atomic E-state index is 11.8. The van der Waals surface area contributed by atoms with Gasteiger partial charge in [-0.2, -0.15) is 5.10 Å². The lowest BCUT2D eigenvalue weighted by Crippen LogP contribution is -2.22. The zero-order valence-corrected chi connectivity index (χ0v) is 11.2. The number of hydrogen-bond donors (Lipinski definition) is 2. The van der Waals surface area contributed by atoms with Gasteiger partial charge in [0.1, 0.15) is 5.82 Å². The van der Waals surface area contributed by atoms with E-state index in [9.17, 15) is 4.79 Å². The topological polar surface area (TPSA) is 83.6 Å². The third kappa shape index (κ3) is 2.72. The summed E-state index contributed by atoms with van der Waals surface area (Å²) in [6.07, 6.45) is 3.38. The van der Waals surface area contributed by atoms with E-state index in [0.29, 0.717) is 23.1 Å². The number of nitrogens with zero attached hydrogens (tertiary/aromatic N) is 3. The highest BCUT2D eigenvalue weighted by Crippen LogP contribution is 2.12. The highest BCUT2D eigenvalue weighted by atomic mass is 32.1. The zero-order valence-electron chi connectivity index (χ0n) is 10.4. The SMILES string of the molecule is O=C(NCc1nc(-c2cccnc2)n[nH]1)c1cccs1. The van der Waals surface area contributed by atoms with Crippen LogP contribution in [0.2, 0.25) is 0 Å². The Balaban J connectivity index is 1.65. The molecule has 20 heavy (non-hydrogen) atoms.